The van der Waals surface area contributed by atoms with E-state index in [2.05, 4.69) is 20.8 Å². The Hall–Kier alpha value is -0.610. The summed E-state index contributed by atoms with van der Waals surface area (Å²) in [5.41, 5.74) is 0.366. The summed E-state index contributed by atoms with van der Waals surface area (Å²) in [6, 6.07) is 0. The van der Waals surface area contributed by atoms with E-state index in [9.17, 15) is 15.0 Å². The summed E-state index contributed by atoms with van der Waals surface area (Å²) < 4.78 is 0. The van der Waals surface area contributed by atoms with Crippen LogP contribution in [0.1, 0.15) is 111 Å². The van der Waals surface area contributed by atoms with Crippen molar-refractivity contribution in [2.24, 2.45) is 46.3 Å². The first-order chi connectivity index (χ1) is 15.2. The van der Waals surface area contributed by atoms with Crippen LogP contribution in [0.4, 0.5) is 0 Å². The smallest absolute Gasteiger partial charge is 0.303 e. The summed E-state index contributed by atoms with van der Waals surface area (Å²) in [5.74, 6) is 3.25. The summed E-state index contributed by atoms with van der Waals surface area (Å²) in [4.78, 5) is 10.7. The average Bonchev–Trinajstić information content (AvgIpc) is 3.10. The number of hydrogen-bond donors (Lipinski definition) is 3. The molecule has 0 aromatic rings. The largest absolute Gasteiger partial charge is 0.481 e. The Balaban J connectivity index is 1.39. The van der Waals surface area contributed by atoms with E-state index in [1.165, 1.54) is 38.5 Å². The van der Waals surface area contributed by atoms with Crippen molar-refractivity contribution >= 4 is 5.97 Å². The van der Waals surface area contributed by atoms with Crippen LogP contribution in [0.5, 0.6) is 0 Å². The van der Waals surface area contributed by atoms with E-state index >= 15 is 0 Å². The minimum Gasteiger partial charge on any atom is -0.481 e. The van der Waals surface area contributed by atoms with Crippen molar-refractivity contribution in [3.8, 4) is 0 Å². The number of rotatable bonds is 8. The maximum atomic E-state index is 11.6. The van der Waals surface area contributed by atoms with E-state index in [0.29, 0.717) is 41.4 Å². The summed E-state index contributed by atoms with van der Waals surface area (Å²) in [6.07, 6.45) is 14.5. The number of aliphatic hydroxyl groups is 2. The van der Waals surface area contributed by atoms with Crippen molar-refractivity contribution in [1.29, 1.82) is 0 Å². The van der Waals surface area contributed by atoms with Crippen LogP contribution in [0.3, 0.4) is 0 Å². The summed E-state index contributed by atoms with van der Waals surface area (Å²) in [6.45, 7) is 7.34. The van der Waals surface area contributed by atoms with Gasteiger partial charge in [0.15, 0.2) is 0 Å². The molecule has 4 rings (SSSR count). The lowest BCUT2D eigenvalue weighted by atomic mass is 9.43. The Morgan fingerprint density at radius 1 is 0.938 bits per heavy atom. The van der Waals surface area contributed by atoms with E-state index < -0.39 is 5.97 Å². The van der Waals surface area contributed by atoms with Gasteiger partial charge in [0.05, 0.1) is 12.2 Å². The van der Waals surface area contributed by atoms with E-state index in [1.54, 1.807) is 0 Å². The number of aliphatic carboxylic acids is 1. The molecule has 0 aromatic carbocycles. The zero-order chi connectivity index (χ0) is 23.1. The lowest BCUT2D eigenvalue weighted by Crippen LogP contribution is -2.58. The number of carbonyl (C=O) groups is 1. The summed E-state index contributed by atoms with van der Waals surface area (Å²) >= 11 is 0. The van der Waals surface area contributed by atoms with Crippen LogP contribution >= 0.6 is 0 Å². The molecule has 10 atom stereocenters. The highest BCUT2D eigenvalue weighted by Gasteiger charge is 2.63. The number of unbranched alkanes of at least 4 members (excludes halogenated alkanes) is 3. The van der Waals surface area contributed by atoms with Crippen LogP contribution in [-0.4, -0.2) is 33.5 Å². The molecule has 184 valence electrons. The molecule has 4 fully saturated rings. The molecule has 4 heteroatoms. The Bertz CT molecular complexity index is 664. The molecule has 32 heavy (non-hydrogen) atoms. The topological polar surface area (TPSA) is 77.8 Å². The van der Waals surface area contributed by atoms with Gasteiger partial charge in [-0.05, 0) is 104 Å². The van der Waals surface area contributed by atoms with Gasteiger partial charge in [0.1, 0.15) is 0 Å². The highest BCUT2D eigenvalue weighted by atomic mass is 16.4. The third-order valence-electron chi connectivity index (χ3n) is 11.3. The van der Waals surface area contributed by atoms with E-state index in [-0.39, 0.29) is 17.6 Å². The highest BCUT2D eigenvalue weighted by molar-refractivity contribution is 5.66. The van der Waals surface area contributed by atoms with Crippen molar-refractivity contribution < 1.29 is 20.1 Å². The number of carboxylic acid groups (broad SMARTS) is 1. The van der Waals surface area contributed by atoms with Gasteiger partial charge in [-0.15, -0.1) is 0 Å². The van der Waals surface area contributed by atoms with Gasteiger partial charge in [-0.1, -0.05) is 46.5 Å². The Morgan fingerprint density at radius 3 is 2.44 bits per heavy atom. The predicted octanol–water partition coefficient (Wildman–Crippen LogP) is 6.04. The molecule has 4 nitrogen and oxygen atoms in total. The lowest BCUT2D eigenvalue weighted by Gasteiger charge is -2.62. The molecule has 0 aliphatic heterocycles. The van der Waals surface area contributed by atoms with Gasteiger partial charge >= 0.3 is 5.97 Å². The first kappa shape index (κ1) is 24.5. The molecule has 0 spiro atoms. The normalized spacial score (nSPS) is 46.7. The molecule has 0 heterocycles. The zero-order valence-corrected chi connectivity index (χ0v) is 20.8. The average molecular weight is 449 g/mol. The number of carboxylic acids is 1. The Morgan fingerprint density at radius 2 is 1.69 bits per heavy atom. The molecular weight excluding hydrogens is 400 g/mol. The van der Waals surface area contributed by atoms with Crippen LogP contribution in [0.2, 0.25) is 0 Å². The molecular formula is C28H48O4. The fraction of sp³-hybridized carbons (Fsp3) is 0.964. The molecule has 0 radical (unpaired) electrons. The van der Waals surface area contributed by atoms with Gasteiger partial charge < -0.3 is 15.3 Å². The third kappa shape index (κ3) is 4.28. The van der Waals surface area contributed by atoms with Crippen molar-refractivity contribution in [2.45, 2.75) is 123 Å². The van der Waals surface area contributed by atoms with Gasteiger partial charge in [0.25, 0.3) is 0 Å². The number of fused-ring (bicyclic) bond motifs is 5. The van der Waals surface area contributed by atoms with Crippen LogP contribution in [0, 0.1) is 46.3 Å². The monoisotopic (exact) mass is 448 g/mol. The maximum absolute atomic E-state index is 11.6. The summed E-state index contributed by atoms with van der Waals surface area (Å²) in [7, 11) is 0. The molecule has 0 bridgehead atoms. The Kier molecular flexibility index (Phi) is 7.33. The SMILES string of the molecule is CC(CCCCCCC(=O)O)[C@H]1CC[C@H]2[C@@H]3CCC4CC(O)CC[C@]4(C)[C@H]3CC(O)[C@]12C. The van der Waals surface area contributed by atoms with Gasteiger partial charge in [-0.25, -0.2) is 0 Å². The van der Waals surface area contributed by atoms with E-state index in [0.717, 1.165) is 50.9 Å². The molecule has 4 saturated carbocycles. The van der Waals surface area contributed by atoms with Crippen molar-refractivity contribution in [2.75, 3.05) is 0 Å². The minimum absolute atomic E-state index is 0.0568. The second kappa shape index (κ2) is 9.56. The minimum atomic E-state index is -0.680. The number of hydrogen-bond acceptors (Lipinski definition) is 3. The van der Waals surface area contributed by atoms with Gasteiger partial charge in [0, 0.05) is 6.42 Å². The second-order valence-electron chi connectivity index (χ2n) is 12.7. The first-order valence-electron chi connectivity index (χ1n) is 13.8. The fourth-order valence-electron chi connectivity index (χ4n) is 9.46. The fourth-order valence-corrected chi connectivity index (χ4v) is 9.46. The zero-order valence-electron chi connectivity index (χ0n) is 20.8. The molecule has 4 unspecified atom stereocenters. The van der Waals surface area contributed by atoms with Gasteiger partial charge in [-0.2, -0.15) is 0 Å². The Labute approximate surface area is 195 Å². The van der Waals surface area contributed by atoms with Crippen molar-refractivity contribution in [1.82, 2.24) is 0 Å². The molecule has 4 aliphatic carbocycles. The molecule has 4 aliphatic rings. The standard InChI is InChI=1S/C28H48O4/c1-18(8-6-4-5-7-9-26(31)32)22-12-13-23-21-11-10-19-16-20(29)14-15-27(19,2)24(21)17-25(30)28(22,23)3/h18-25,29-30H,4-17H2,1-3H3,(H,31,32)/t18?,19?,20?,21-,22+,23-,24-,25?,27-,28+/m0/s1. The van der Waals surface area contributed by atoms with Crippen molar-refractivity contribution in [3.63, 3.8) is 0 Å². The molecule has 0 amide bonds. The van der Waals surface area contributed by atoms with E-state index in [4.69, 9.17) is 5.11 Å². The molecule has 0 saturated heterocycles. The van der Waals surface area contributed by atoms with Gasteiger partial charge in [0.2, 0.25) is 0 Å². The van der Waals surface area contributed by atoms with E-state index in [1.807, 2.05) is 0 Å². The maximum Gasteiger partial charge on any atom is 0.303 e. The second-order valence-corrected chi connectivity index (χ2v) is 12.7. The first-order valence-corrected chi connectivity index (χ1v) is 13.8. The molecule has 0 aromatic heterocycles. The lowest BCUT2D eigenvalue weighted by molar-refractivity contribution is -0.174. The van der Waals surface area contributed by atoms with Gasteiger partial charge in [-0.3, -0.25) is 4.79 Å². The van der Waals surface area contributed by atoms with Crippen LogP contribution in [0.25, 0.3) is 0 Å². The van der Waals surface area contributed by atoms with Crippen LogP contribution < -0.4 is 0 Å². The number of aliphatic hydroxyl groups excluding tert-OH is 2. The third-order valence-corrected chi connectivity index (χ3v) is 11.3. The van der Waals surface area contributed by atoms with Crippen LogP contribution in [0.15, 0.2) is 0 Å². The predicted molar refractivity (Wildman–Crippen MR) is 127 cm³/mol. The van der Waals surface area contributed by atoms with Crippen LogP contribution in [-0.2, 0) is 4.79 Å². The highest BCUT2D eigenvalue weighted by Crippen LogP contribution is 2.68. The van der Waals surface area contributed by atoms with Crippen molar-refractivity contribution in [3.05, 3.63) is 0 Å². The molecule has 3 N–H and O–H groups in total. The summed E-state index contributed by atoms with van der Waals surface area (Å²) in [5, 5.41) is 30.7. The quantitative estimate of drug-likeness (QED) is 0.396.